The summed E-state index contributed by atoms with van der Waals surface area (Å²) in [7, 11) is 3.27. The van der Waals surface area contributed by atoms with Gasteiger partial charge in [-0.2, -0.15) is 5.10 Å². The zero-order chi connectivity index (χ0) is 31.8. The van der Waals surface area contributed by atoms with Crippen LogP contribution in [-0.4, -0.2) is 78.6 Å². The van der Waals surface area contributed by atoms with Crippen LogP contribution in [0.5, 0.6) is 11.6 Å². The number of nitrogens with one attached hydrogen (secondary N) is 1. The van der Waals surface area contributed by atoms with Crippen molar-refractivity contribution in [2.24, 2.45) is 5.92 Å². The standard InChI is InChI=1S/C36H36N8O3/c1-21-32-27(39-32)20-41(21)36(45)25-13-26-33(31(15-25)46-2)43(18-23-16-38-44(19-23)29-9-6-12-37-35(29)47-3)34(40-26)30-14-24-7-4-5-8-28(24)42(30)17-22-10-11-22/h4-9,12-16,19,21-22,27,32,39H,10-11,17-18,20H2,1-3H3/t21?,27?,32-/m0/s1. The van der Waals surface area contributed by atoms with Gasteiger partial charge in [-0.05, 0) is 62.1 Å². The molecule has 11 nitrogen and oxygen atoms in total. The van der Waals surface area contributed by atoms with Crippen molar-refractivity contribution in [3.8, 4) is 28.8 Å². The van der Waals surface area contributed by atoms with Crippen LogP contribution in [0.15, 0.2) is 73.2 Å². The normalized spacial score (nSPS) is 20.2. The molecule has 6 aromatic rings. The van der Waals surface area contributed by atoms with E-state index in [0.717, 1.165) is 46.9 Å². The maximum atomic E-state index is 13.9. The number of methoxy groups -OCH3 is 2. The summed E-state index contributed by atoms with van der Waals surface area (Å²) in [6.45, 7) is 4.26. The number of piperazine rings is 1. The molecule has 2 saturated heterocycles. The molecule has 1 N–H and O–H groups in total. The first kappa shape index (κ1) is 28.1. The monoisotopic (exact) mass is 628 g/mol. The van der Waals surface area contributed by atoms with E-state index >= 15 is 0 Å². The van der Waals surface area contributed by atoms with Crippen molar-refractivity contribution in [2.75, 3.05) is 20.8 Å². The fourth-order valence-electron chi connectivity index (χ4n) is 7.32. The topological polar surface area (TPSA) is 114 Å². The number of rotatable bonds is 9. The SMILES string of the molecule is COc1ncccc1-n1cc(Cn2c(-c3cc4ccccc4n3CC3CC3)nc3cc(C(=O)N4CC5N[C@H]5C4C)cc(OC)c32)cn1. The Morgan fingerprint density at radius 2 is 1.91 bits per heavy atom. The lowest BCUT2D eigenvalue weighted by atomic mass is 10.1. The van der Waals surface area contributed by atoms with Gasteiger partial charge in [0.25, 0.3) is 5.91 Å². The highest BCUT2D eigenvalue weighted by molar-refractivity contribution is 6.00. The Balaban J connectivity index is 1.20. The third-order valence-electron chi connectivity index (χ3n) is 10.0. The van der Waals surface area contributed by atoms with Gasteiger partial charge in [-0.1, -0.05) is 18.2 Å². The third-order valence-corrected chi connectivity index (χ3v) is 10.0. The van der Waals surface area contributed by atoms with E-state index in [1.54, 1.807) is 25.1 Å². The number of aromatic nitrogens is 6. The maximum Gasteiger partial charge on any atom is 0.254 e. The van der Waals surface area contributed by atoms with Crippen LogP contribution in [0.3, 0.4) is 0 Å². The van der Waals surface area contributed by atoms with Gasteiger partial charge in [-0.3, -0.25) is 4.79 Å². The second kappa shape index (κ2) is 10.7. The molecule has 6 heterocycles. The molecule has 11 heteroatoms. The third kappa shape index (κ3) is 4.67. The summed E-state index contributed by atoms with van der Waals surface area (Å²) in [5, 5.41) is 9.30. The van der Waals surface area contributed by atoms with E-state index in [0.29, 0.717) is 41.7 Å². The van der Waals surface area contributed by atoms with Crippen LogP contribution in [0.4, 0.5) is 0 Å². The van der Waals surface area contributed by atoms with E-state index in [-0.39, 0.29) is 11.9 Å². The highest BCUT2D eigenvalue weighted by atomic mass is 16.5. The van der Waals surface area contributed by atoms with Gasteiger partial charge in [0.15, 0.2) is 5.82 Å². The fourth-order valence-corrected chi connectivity index (χ4v) is 7.32. The number of pyridine rings is 1. The van der Waals surface area contributed by atoms with E-state index in [2.05, 4.69) is 61.8 Å². The Morgan fingerprint density at radius 1 is 1.04 bits per heavy atom. The molecule has 1 saturated carbocycles. The summed E-state index contributed by atoms with van der Waals surface area (Å²) >= 11 is 0. The molecular formula is C36H36N8O3. The number of para-hydroxylation sites is 1. The lowest BCUT2D eigenvalue weighted by molar-refractivity contribution is 0.0727. The van der Waals surface area contributed by atoms with Gasteiger partial charge in [0.2, 0.25) is 5.88 Å². The minimum absolute atomic E-state index is 0.0114. The molecule has 0 bridgehead atoms. The first-order valence-electron chi connectivity index (χ1n) is 16.3. The van der Waals surface area contributed by atoms with Crippen LogP contribution in [0.25, 0.3) is 39.1 Å². The van der Waals surface area contributed by atoms with Gasteiger partial charge in [0.05, 0.1) is 38.2 Å². The smallest absolute Gasteiger partial charge is 0.254 e. The first-order chi connectivity index (χ1) is 23.0. The fraction of sp³-hybridized carbons (Fsp3) is 0.333. The lowest BCUT2D eigenvalue weighted by Gasteiger charge is -2.24. The van der Waals surface area contributed by atoms with Crippen molar-refractivity contribution in [3.05, 3.63) is 84.3 Å². The molecule has 1 aliphatic carbocycles. The molecule has 0 spiro atoms. The molecule has 3 fully saturated rings. The Hall–Kier alpha value is -5.16. The average molecular weight is 629 g/mol. The molecule has 2 aromatic carbocycles. The number of fused-ring (bicyclic) bond motifs is 3. The quantitative estimate of drug-likeness (QED) is 0.227. The van der Waals surface area contributed by atoms with Gasteiger partial charge in [-0.25, -0.2) is 14.6 Å². The van der Waals surface area contributed by atoms with Crippen molar-refractivity contribution in [1.29, 1.82) is 0 Å². The van der Waals surface area contributed by atoms with E-state index in [4.69, 9.17) is 14.5 Å². The van der Waals surface area contributed by atoms with E-state index < -0.39 is 0 Å². The molecule has 3 aliphatic rings. The molecule has 0 radical (unpaired) electrons. The number of hydrogen-bond donors (Lipinski definition) is 1. The van der Waals surface area contributed by atoms with Crippen LogP contribution in [0.2, 0.25) is 0 Å². The summed E-state index contributed by atoms with van der Waals surface area (Å²) in [6.07, 6.45) is 8.04. The molecular weight excluding hydrogens is 592 g/mol. The van der Waals surface area contributed by atoms with Crippen LogP contribution in [-0.2, 0) is 13.1 Å². The molecule has 47 heavy (non-hydrogen) atoms. The van der Waals surface area contributed by atoms with Crippen LogP contribution in [0, 0.1) is 5.92 Å². The minimum atomic E-state index is 0.0114. The zero-order valence-corrected chi connectivity index (χ0v) is 26.6. The van der Waals surface area contributed by atoms with Crippen molar-refractivity contribution < 1.29 is 14.3 Å². The molecule has 4 aromatic heterocycles. The average Bonchev–Trinajstić information content (AvgIpc) is 3.91. The van der Waals surface area contributed by atoms with Gasteiger partial charge >= 0.3 is 0 Å². The van der Waals surface area contributed by atoms with Crippen molar-refractivity contribution >= 4 is 27.8 Å². The molecule has 2 aliphatic heterocycles. The summed E-state index contributed by atoms with van der Waals surface area (Å²) in [6, 6.07) is 19.3. The van der Waals surface area contributed by atoms with Crippen LogP contribution in [0.1, 0.15) is 35.7 Å². The highest BCUT2D eigenvalue weighted by Gasteiger charge is 2.51. The van der Waals surface area contributed by atoms with E-state index in [1.807, 2.05) is 41.6 Å². The van der Waals surface area contributed by atoms with E-state index in [1.165, 1.54) is 23.7 Å². The second-order valence-corrected chi connectivity index (χ2v) is 13.0. The number of ether oxygens (including phenoxy) is 2. The number of carbonyl (C=O) groups is 1. The van der Waals surface area contributed by atoms with Gasteiger partial charge in [0.1, 0.15) is 17.0 Å². The maximum absolute atomic E-state index is 13.9. The first-order valence-corrected chi connectivity index (χ1v) is 16.3. The zero-order valence-electron chi connectivity index (χ0n) is 26.6. The predicted molar refractivity (Wildman–Crippen MR) is 178 cm³/mol. The summed E-state index contributed by atoms with van der Waals surface area (Å²) in [4.78, 5) is 25.5. The van der Waals surface area contributed by atoms with Gasteiger partial charge < -0.3 is 28.8 Å². The van der Waals surface area contributed by atoms with Gasteiger partial charge in [-0.15, -0.1) is 0 Å². The number of nitrogens with zero attached hydrogens (tertiary/aromatic N) is 7. The molecule has 1 amide bonds. The minimum Gasteiger partial charge on any atom is -0.494 e. The lowest BCUT2D eigenvalue weighted by Crippen LogP contribution is -2.40. The largest absolute Gasteiger partial charge is 0.494 e. The van der Waals surface area contributed by atoms with Crippen molar-refractivity contribution in [1.82, 2.24) is 39.1 Å². The number of carbonyl (C=O) groups excluding carboxylic acids is 1. The van der Waals surface area contributed by atoms with E-state index in [9.17, 15) is 4.79 Å². The molecule has 238 valence electrons. The van der Waals surface area contributed by atoms with Crippen molar-refractivity contribution in [3.63, 3.8) is 0 Å². The van der Waals surface area contributed by atoms with Crippen LogP contribution < -0.4 is 14.8 Å². The summed E-state index contributed by atoms with van der Waals surface area (Å²) in [5.74, 6) is 2.62. The van der Waals surface area contributed by atoms with Gasteiger partial charge in [0, 0.05) is 65.6 Å². The Morgan fingerprint density at radius 3 is 2.70 bits per heavy atom. The molecule has 2 unspecified atom stereocenters. The Labute approximate surface area is 271 Å². The van der Waals surface area contributed by atoms with Crippen molar-refractivity contribution in [2.45, 2.75) is 51.0 Å². The molecule has 9 rings (SSSR count). The Bertz CT molecular complexity index is 2180. The summed E-state index contributed by atoms with van der Waals surface area (Å²) in [5.41, 5.74) is 6.13. The predicted octanol–water partition coefficient (Wildman–Crippen LogP) is 4.90. The van der Waals surface area contributed by atoms with Crippen LogP contribution >= 0.6 is 0 Å². The number of amides is 1. The number of benzene rings is 2. The number of hydrogen-bond acceptors (Lipinski definition) is 7. The Kier molecular flexibility index (Phi) is 6.39. The summed E-state index contributed by atoms with van der Waals surface area (Å²) < 4.78 is 17.9. The number of imidazole rings is 1. The highest BCUT2D eigenvalue weighted by Crippen LogP contribution is 2.39. The molecule has 3 atom stereocenters. The number of likely N-dealkylation sites (tertiary alicyclic amines) is 1. The second-order valence-electron chi connectivity index (χ2n) is 13.0.